The Labute approximate surface area is 156 Å². The summed E-state index contributed by atoms with van der Waals surface area (Å²) < 4.78 is 5.15. The number of urea groups is 1. The molecule has 0 radical (unpaired) electrons. The van der Waals surface area contributed by atoms with Gasteiger partial charge in [0, 0.05) is 12.2 Å². The molecule has 4 nitrogen and oxygen atoms in total. The molecule has 26 heavy (non-hydrogen) atoms. The first-order valence-electron chi connectivity index (χ1n) is 9.94. The molecule has 0 aromatic heterocycles. The Bertz CT molecular complexity index is 645. The van der Waals surface area contributed by atoms with Gasteiger partial charge in [0.1, 0.15) is 5.75 Å². The van der Waals surface area contributed by atoms with Crippen LogP contribution in [0.3, 0.4) is 0 Å². The van der Waals surface area contributed by atoms with Crippen molar-refractivity contribution in [2.24, 2.45) is 23.2 Å². The first-order valence-corrected chi connectivity index (χ1v) is 9.94. The molecule has 4 aliphatic rings. The van der Waals surface area contributed by atoms with E-state index in [1.807, 2.05) is 30.3 Å². The summed E-state index contributed by atoms with van der Waals surface area (Å²) in [6.07, 6.45) is 11.8. The molecule has 4 saturated carbocycles. The van der Waals surface area contributed by atoms with Gasteiger partial charge in [-0.2, -0.15) is 0 Å². The maximum Gasteiger partial charge on any atom is 0.318 e. The van der Waals surface area contributed by atoms with Crippen LogP contribution in [0.1, 0.15) is 51.0 Å². The van der Waals surface area contributed by atoms with E-state index in [-0.39, 0.29) is 12.1 Å². The molecule has 1 atom stereocenters. The SMILES string of the molecule is COc1ccc(/C=C/NC(=O)NC(C)C23CC4CC(CC(C4)C2)C3)cc1. The van der Waals surface area contributed by atoms with Gasteiger partial charge >= 0.3 is 6.03 Å². The van der Waals surface area contributed by atoms with Crippen LogP contribution in [0.15, 0.2) is 30.5 Å². The molecule has 2 amide bonds. The molecule has 0 saturated heterocycles. The molecule has 2 N–H and O–H groups in total. The predicted molar refractivity (Wildman–Crippen MR) is 104 cm³/mol. The Balaban J connectivity index is 1.31. The maximum atomic E-state index is 12.3. The molecule has 5 rings (SSSR count). The van der Waals surface area contributed by atoms with Gasteiger partial charge in [0.15, 0.2) is 0 Å². The smallest absolute Gasteiger partial charge is 0.318 e. The number of hydrogen-bond acceptors (Lipinski definition) is 2. The van der Waals surface area contributed by atoms with Gasteiger partial charge in [-0.15, -0.1) is 0 Å². The lowest BCUT2D eigenvalue weighted by Gasteiger charge is -2.59. The van der Waals surface area contributed by atoms with E-state index < -0.39 is 0 Å². The largest absolute Gasteiger partial charge is 0.497 e. The zero-order valence-corrected chi connectivity index (χ0v) is 15.8. The minimum atomic E-state index is -0.0991. The summed E-state index contributed by atoms with van der Waals surface area (Å²) in [6.45, 7) is 2.21. The molecular weight excluding hydrogens is 324 g/mol. The van der Waals surface area contributed by atoms with Crippen LogP contribution in [0.2, 0.25) is 0 Å². The zero-order chi connectivity index (χ0) is 18.1. The standard InChI is InChI=1S/C22H30N2O2/c1-15(22-12-17-9-18(13-22)11-19(10-17)14-22)24-21(25)23-8-7-16-3-5-20(26-2)6-4-16/h3-8,15,17-19H,9-14H2,1-2H3,(H2,23,24,25)/b8-7+. The molecule has 140 valence electrons. The minimum absolute atomic E-state index is 0.0991. The van der Waals surface area contributed by atoms with Crippen molar-refractivity contribution in [3.05, 3.63) is 36.0 Å². The van der Waals surface area contributed by atoms with Crippen molar-refractivity contribution < 1.29 is 9.53 Å². The number of hydrogen-bond donors (Lipinski definition) is 2. The molecule has 4 bridgehead atoms. The minimum Gasteiger partial charge on any atom is -0.497 e. The van der Waals surface area contributed by atoms with Crippen molar-refractivity contribution in [1.82, 2.24) is 10.6 Å². The van der Waals surface area contributed by atoms with Crippen LogP contribution in [-0.2, 0) is 0 Å². The molecule has 4 aliphatic carbocycles. The van der Waals surface area contributed by atoms with E-state index in [4.69, 9.17) is 4.74 Å². The Morgan fingerprint density at radius 3 is 2.23 bits per heavy atom. The van der Waals surface area contributed by atoms with E-state index in [2.05, 4.69) is 17.6 Å². The third-order valence-corrected chi connectivity index (χ3v) is 6.96. The summed E-state index contributed by atoms with van der Waals surface area (Å²) in [6, 6.07) is 7.90. The number of rotatable bonds is 5. The number of nitrogens with one attached hydrogen (secondary N) is 2. The van der Waals surface area contributed by atoms with Gasteiger partial charge in [-0.05, 0) is 92.4 Å². The van der Waals surface area contributed by atoms with Crippen molar-refractivity contribution in [2.75, 3.05) is 7.11 Å². The van der Waals surface area contributed by atoms with E-state index in [1.54, 1.807) is 13.3 Å². The van der Waals surface area contributed by atoms with Crippen LogP contribution in [-0.4, -0.2) is 19.2 Å². The molecule has 0 aliphatic heterocycles. The first-order chi connectivity index (χ1) is 12.6. The zero-order valence-electron chi connectivity index (χ0n) is 15.8. The van der Waals surface area contributed by atoms with Gasteiger partial charge in [-0.3, -0.25) is 0 Å². The van der Waals surface area contributed by atoms with E-state index in [1.165, 1.54) is 38.5 Å². The molecule has 1 aromatic carbocycles. The highest BCUT2D eigenvalue weighted by Crippen LogP contribution is 2.61. The average molecular weight is 354 g/mol. The molecule has 1 aromatic rings. The van der Waals surface area contributed by atoms with Crippen molar-refractivity contribution in [2.45, 2.75) is 51.5 Å². The normalized spacial score (nSPS) is 33.2. The fraction of sp³-hybridized carbons (Fsp3) is 0.591. The highest BCUT2D eigenvalue weighted by atomic mass is 16.5. The quantitative estimate of drug-likeness (QED) is 0.814. The summed E-state index contributed by atoms with van der Waals surface area (Å²) >= 11 is 0. The van der Waals surface area contributed by atoms with Crippen molar-refractivity contribution in [3.8, 4) is 5.75 Å². The van der Waals surface area contributed by atoms with Gasteiger partial charge in [0.25, 0.3) is 0 Å². The number of carbonyl (C=O) groups excluding carboxylic acids is 1. The van der Waals surface area contributed by atoms with Gasteiger partial charge in [-0.1, -0.05) is 12.1 Å². The third-order valence-electron chi connectivity index (χ3n) is 6.96. The van der Waals surface area contributed by atoms with Gasteiger partial charge < -0.3 is 15.4 Å². The number of methoxy groups -OCH3 is 1. The Morgan fingerprint density at radius 1 is 1.12 bits per heavy atom. The Kier molecular flexibility index (Phi) is 4.68. The Morgan fingerprint density at radius 2 is 1.69 bits per heavy atom. The molecular formula is C22H30N2O2. The summed E-state index contributed by atoms with van der Waals surface area (Å²) in [4.78, 5) is 12.3. The lowest BCUT2D eigenvalue weighted by Crippen LogP contribution is -2.56. The van der Waals surface area contributed by atoms with Gasteiger partial charge in [0.05, 0.1) is 7.11 Å². The Hall–Kier alpha value is -1.97. The second kappa shape index (κ2) is 6.98. The maximum absolute atomic E-state index is 12.3. The van der Waals surface area contributed by atoms with Crippen molar-refractivity contribution in [1.29, 1.82) is 0 Å². The molecule has 0 heterocycles. The topological polar surface area (TPSA) is 50.4 Å². The predicted octanol–water partition coefficient (Wildman–Crippen LogP) is 4.57. The van der Waals surface area contributed by atoms with E-state index >= 15 is 0 Å². The van der Waals surface area contributed by atoms with Crippen molar-refractivity contribution in [3.63, 3.8) is 0 Å². The fourth-order valence-electron chi connectivity index (χ4n) is 6.03. The third kappa shape index (κ3) is 3.46. The van der Waals surface area contributed by atoms with Crippen LogP contribution in [0.4, 0.5) is 4.79 Å². The summed E-state index contributed by atoms with van der Waals surface area (Å²) in [5.74, 6) is 3.55. The lowest BCUT2D eigenvalue weighted by molar-refractivity contribution is -0.0681. The van der Waals surface area contributed by atoms with Crippen LogP contribution >= 0.6 is 0 Å². The van der Waals surface area contributed by atoms with Crippen LogP contribution in [0.5, 0.6) is 5.75 Å². The lowest BCUT2D eigenvalue weighted by atomic mass is 9.48. The highest BCUT2D eigenvalue weighted by molar-refractivity contribution is 5.76. The van der Waals surface area contributed by atoms with E-state index in [0.29, 0.717) is 5.41 Å². The van der Waals surface area contributed by atoms with E-state index in [0.717, 1.165) is 29.1 Å². The van der Waals surface area contributed by atoms with Gasteiger partial charge in [0.2, 0.25) is 0 Å². The van der Waals surface area contributed by atoms with Crippen LogP contribution < -0.4 is 15.4 Å². The van der Waals surface area contributed by atoms with Crippen LogP contribution in [0.25, 0.3) is 6.08 Å². The molecule has 0 spiro atoms. The van der Waals surface area contributed by atoms with E-state index in [9.17, 15) is 4.79 Å². The molecule has 4 fully saturated rings. The second-order valence-electron chi connectivity index (χ2n) is 8.73. The second-order valence-corrected chi connectivity index (χ2v) is 8.73. The highest BCUT2D eigenvalue weighted by Gasteiger charge is 2.53. The number of carbonyl (C=O) groups is 1. The average Bonchev–Trinajstić information content (AvgIpc) is 2.61. The molecule has 1 unspecified atom stereocenters. The fourth-order valence-corrected chi connectivity index (χ4v) is 6.03. The van der Waals surface area contributed by atoms with Crippen LogP contribution in [0, 0.1) is 23.2 Å². The monoisotopic (exact) mass is 354 g/mol. The molecule has 4 heteroatoms. The summed E-state index contributed by atoms with van der Waals surface area (Å²) in [5.41, 5.74) is 1.37. The summed E-state index contributed by atoms with van der Waals surface area (Å²) in [7, 11) is 1.65. The summed E-state index contributed by atoms with van der Waals surface area (Å²) in [5, 5.41) is 6.08. The number of benzene rings is 1. The number of amides is 2. The van der Waals surface area contributed by atoms with Gasteiger partial charge in [-0.25, -0.2) is 4.79 Å². The first kappa shape index (κ1) is 17.4. The van der Waals surface area contributed by atoms with Crippen molar-refractivity contribution >= 4 is 12.1 Å². The number of ether oxygens (including phenoxy) is 1.